The van der Waals surface area contributed by atoms with Gasteiger partial charge < -0.3 is 14.2 Å². The molecule has 0 unspecified atom stereocenters. The van der Waals surface area contributed by atoms with Crippen molar-refractivity contribution in [2.24, 2.45) is 0 Å². The van der Waals surface area contributed by atoms with Gasteiger partial charge in [-0.15, -0.1) is 0 Å². The van der Waals surface area contributed by atoms with Crippen molar-refractivity contribution in [2.75, 3.05) is 19.8 Å². The largest absolute Gasteiger partial charge is 0.493 e. The van der Waals surface area contributed by atoms with E-state index in [2.05, 4.69) is 47.3 Å². The molecule has 2 rings (SSSR count). The van der Waals surface area contributed by atoms with Crippen molar-refractivity contribution in [1.29, 1.82) is 0 Å². The van der Waals surface area contributed by atoms with E-state index in [-0.39, 0.29) is 11.2 Å². The minimum atomic E-state index is -0.111. The Morgan fingerprint density at radius 1 is 0.938 bits per heavy atom. The first-order valence-corrected chi connectivity index (χ1v) is 11.3. The van der Waals surface area contributed by atoms with Gasteiger partial charge in [0.25, 0.3) is 0 Å². The molecule has 2 aromatic carbocycles. The van der Waals surface area contributed by atoms with Gasteiger partial charge in [0.1, 0.15) is 23.9 Å². The highest BCUT2D eigenvalue weighted by molar-refractivity contribution is 6.07. The molecule has 2 aromatic rings. The standard InChI is InChI=1S/C28H36O4/c1-7-18-30-22-12-10-21(11-13-22)25(29)16-14-23-26(31-19-8-2)17-15-24(28(4,5)6)27(23)32-20-9-3/h7,10-17H,1,8-9,18-20H2,2-6H3. The summed E-state index contributed by atoms with van der Waals surface area (Å²) in [7, 11) is 0. The molecule has 172 valence electrons. The Morgan fingerprint density at radius 3 is 2.19 bits per heavy atom. The van der Waals surface area contributed by atoms with E-state index < -0.39 is 0 Å². The molecule has 4 heteroatoms. The van der Waals surface area contributed by atoms with Crippen LogP contribution in [0.15, 0.2) is 55.1 Å². The van der Waals surface area contributed by atoms with Crippen LogP contribution >= 0.6 is 0 Å². The van der Waals surface area contributed by atoms with Crippen LogP contribution in [0.1, 0.15) is 68.9 Å². The zero-order chi connectivity index (χ0) is 23.6. The predicted molar refractivity (Wildman–Crippen MR) is 132 cm³/mol. The fraction of sp³-hybridized carbons (Fsp3) is 0.393. The quantitative estimate of drug-likeness (QED) is 0.204. The van der Waals surface area contributed by atoms with Crippen molar-refractivity contribution in [2.45, 2.75) is 52.9 Å². The Balaban J connectivity index is 2.42. The first kappa shape index (κ1) is 25.3. The predicted octanol–water partition coefficient (Wildman–Crippen LogP) is 7.02. The molecule has 0 N–H and O–H groups in total. The van der Waals surface area contributed by atoms with Crippen molar-refractivity contribution < 1.29 is 19.0 Å². The van der Waals surface area contributed by atoms with E-state index in [1.54, 1.807) is 36.4 Å². The maximum Gasteiger partial charge on any atom is 0.185 e. The lowest BCUT2D eigenvalue weighted by atomic mass is 9.84. The third kappa shape index (κ3) is 7.01. The molecule has 0 heterocycles. The molecule has 0 saturated heterocycles. The lowest BCUT2D eigenvalue weighted by molar-refractivity contribution is 0.104. The van der Waals surface area contributed by atoms with Crippen LogP contribution in [0.5, 0.6) is 17.2 Å². The normalized spacial score (nSPS) is 11.4. The van der Waals surface area contributed by atoms with Crippen molar-refractivity contribution in [3.05, 3.63) is 71.8 Å². The van der Waals surface area contributed by atoms with E-state index in [0.29, 0.717) is 31.1 Å². The van der Waals surface area contributed by atoms with Crippen LogP contribution in [-0.4, -0.2) is 25.6 Å². The first-order valence-electron chi connectivity index (χ1n) is 11.3. The zero-order valence-electron chi connectivity index (χ0n) is 20.1. The Bertz CT molecular complexity index is 918. The number of hydrogen-bond acceptors (Lipinski definition) is 4. The van der Waals surface area contributed by atoms with Crippen molar-refractivity contribution >= 4 is 11.9 Å². The van der Waals surface area contributed by atoms with Gasteiger partial charge in [0.15, 0.2) is 5.78 Å². The van der Waals surface area contributed by atoms with Crippen LogP contribution in [0.3, 0.4) is 0 Å². The van der Waals surface area contributed by atoms with Gasteiger partial charge >= 0.3 is 0 Å². The van der Waals surface area contributed by atoms with Gasteiger partial charge in [0.05, 0.1) is 18.8 Å². The molecule has 0 bridgehead atoms. The molecule has 0 fully saturated rings. The molecule has 32 heavy (non-hydrogen) atoms. The van der Waals surface area contributed by atoms with E-state index >= 15 is 0 Å². The molecule has 0 atom stereocenters. The van der Waals surface area contributed by atoms with Gasteiger partial charge in [-0.25, -0.2) is 0 Å². The smallest absolute Gasteiger partial charge is 0.185 e. The Kier molecular flexibility index (Phi) is 9.58. The van der Waals surface area contributed by atoms with Gasteiger partial charge in [-0.05, 0) is 60.7 Å². The van der Waals surface area contributed by atoms with E-state index in [4.69, 9.17) is 14.2 Å². The number of rotatable bonds is 12. The molecule has 0 aliphatic carbocycles. The van der Waals surface area contributed by atoms with Crippen LogP contribution < -0.4 is 14.2 Å². The number of carbonyl (C=O) groups excluding carboxylic acids is 1. The summed E-state index contributed by atoms with van der Waals surface area (Å²) >= 11 is 0. The average Bonchev–Trinajstić information content (AvgIpc) is 2.78. The molecule has 0 spiro atoms. The summed E-state index contributed by atoms with van der Waals surface area (Å²) in [6, 6.07) is 11.1. The van der Waals surface area contributed by atoms with E-state index in [9.17, 15) is 4.79 Å². The first-order chi connectivity index (χ1) is 15.3. The molecule has 0 aliphatic heterocycles. The minimum Gasteiger partial charge on any atom is -0.493 e. The van der Waals surface area contributed by atoms with Crippen molar-refractivity contribution in [3.63, 3.8) is 0 Å². The maximum atomic E-state index is 12.9. The molecule has 0 radical (unpaired) electrons. The average molecular weight is 437 g/mol. The number of hydrogen-bond donors (Lipinski definition) is 0. The SMILES string of the molecule is C=CCOc1ccc(C(=O)C=Cc2c(OCCC)ccc(C(C)(C)C)c2OCCC)cc1. The Morgan fingerprint density at radius 2 is 1.59 bits per heavy atom. The Hall–Kier alpha value is -3.01. The fourth-order valence-corrected chi connectivity index (χ4v) is 3.15. The second-order valence-electron chi connectivity index (χ2n) is 8.62. The van der Waals surface area contributed by atoms with Gasteiger partial charge in [-0.2, -0.15) is 0 Å². The van der Waals surface area contributed by atoms with Crippen molar-refractivity contribution in [1.82, 2.24) is 0 Å². The summed E-state index contributed by atoms with van der Waals surface area (Å²) in [5.74, 6) is 2.12. The summed E-state index contributed by atoms with van der Waals surface area (Å²) in [6.45, 7) is 15.9. The lowest BCUT2D eigenvalue weighted by Crippen LogP contribution is -2.15. The summed E-state index contributed by atoms with van der Waals surface area (Å²) < 4.78 is 17.7. The van der Waals surface area contributed by atoms with Gasteiger partial charge in [-0.1, -0.05) is 53.3 Å². The maximum absolute atomic E-state index is 12.9. The van der Waals surface area contributed by atoms with E-state index in [1.807, 2.05) is 12.1 Å². The fourth-order valence-electron chi connectivity index (χ4n) is 3.15. The van der Waals surface area contributed by atoms with E-state index in [1.165, 1.54) is 0 Å². The number of allylic oxidation sites excluding steroid dienone is 1. The molecule has 4 nitrogen and oxygen atoms in total. The highest BCUT2D eigenvalue weighted by Crippen LogP contribution is 2.40. The highest BCUT2D eigenvalue weighted by atomic mass is 16.5. The summed E-state index contributed by atoms with van der Waals surface area (Å²) in [5.41, 5.74) is 2.37. The molecule has 0 saturated carbocycles. The van der Waals surface area contributed by atoms with Gasteiger partial charge in [0, 0.05) is 11.1 Å². The number of benzene rings is 2. The molecule has 0 aliphatic rings. The highest BCUT2D eigenvalue weighted by Gasteiger charge is 2.23. The van der Waals surface area contributed by atoms with Gasteiger partial charge in [0.2, 0.25) is 0 Å². The molecule has 0 aromatic heterocycles. The van der Waals surface area contributed by atoms with Crippen LogP contribution in [0.4, 0.5) is 0 Å². The second kappa shape index (κ2) is 12.1. The van der Waals surface area contributed by atoms with Crippen molar-refractivity contribution in [3.8, 4) is 17.2 Å². The minimum absolute atomic E-state index is 0.0932. The zero-order valence-corrected chi connectivity index (χ0v) is 20.1. The van der Waals surface area contributed by atoms with E-state index in [0.717, 1.165) is 35.5 Å². The summed E-state index contributed by atoms with van der Waals surface area (Å²) in [4.78, 5) is 12.9. The number of carbonyl (C=O) groups is 1. The molecular weight excluding hydrogens is 400 g/mol. The molecular formula is C28H36O4. The third-order valence-corrected chi connectivity index (χ3v) is 4.78. The van der Waals surface area contributed by atoms with Crippen LogP contribution in [0.2, 0.25) is 0 Å². The topological polar surface area (TPSA) is 44.8 Å². The molecule has 0 amide bonds. The monoisotopic (exact) mass is 436 g/mol. The van der Waals surface area contributed by atoms with Crippen LogP contribution in [0, 0.1) is 0 Å². The summed E-state index contributed by atoms with van der Waals surface area (Å²) in [5, 5.41) is 0. The van der Waals surface area contributed by atoms with Crippen LogP contribution in [-0.2, 0) is 5.41 Å². The van der Waals surface area contributed by atoms with Crippen LogP contribution in [0.25, 0.3) is 6.08 Å². The third-order valence-electron chi connectivity index (χ3n) is 4.78. The Labute approximate surface area is 192 Å². The number of ketones is 1. The van der Waals surface area contributed by atoms with Gasteiger partial charge in [-0.3, -0.25) is 4.79 Å². The lowest BCUT2D eigenvalue weighted by Gasteiger charge is -2.25. The summed E-state index contributed by atoms with van der Waals surface area (Å²) in [6.07, 6.45) is 6.87. The number of ether oxygens (including phenoxy) is 3. The second-order valence-corrected chi connectivity index (χ2v) is 8.62.